The lowest BCUT2D eigenvalue weighted by Crippen LogP contribution is -1.90. The molecule has 0 bridgehead atoms. The molecule has 78 valence electrons. The van der Waals surface area contributed by atoms with Gasteiger partial charge in [-0.3, -0.25) is 0 Å². The van der Waals surface area contributed by atoms with Gasteiger partial charge in [0.1, 0.15) is 0 Å². The molecule has 0 saturated carbocycles. The van der Waals surface area contributed by atoms with E-state index in [1.54, 1.807) is 0 Å². The van der Waals surface area contributed by atoms with Crippen LogP contribution in [0.2, 0.25) is 0 Å². The third kappa shape index (κ3) is 1.51. The monoisotopic (exact) mass is 273 g/mol. The number of halogens is 1. The average molecular weight is 274 g/mol. The van der Waals surface area contributed by atoms with Crippen LogP contribution in [-0.2, 0) is 0 Å². The largest absolute Gasteiger partial charge is 0.399 e. The van der Waals surface area contributed by atoms with Gasteiger partial charge in [-0.25, -0.2) is 9.97 Å². The first-order chi connectivity index (χ1) is 7.72. The molecule has 0 radical (unpaired) electrons. The summed E-state index contributed by atoms with van der Waals surface area (Å²) in [7, 11) is 0. The van der Waals surface area contributed by atoms with Gasteiger partial charge in [0.05, 0.1) is 22.1 Å². The maximum atomic E-state index is 5.72. The summed E-state index contributed by atoms with van der Waals surface area (Å²) in [5.74, 6) is 0. The van der Waals surface area contributed by atoms with Crippen molar-refractivity contribution in [1.82, 2.24) is 9.97 Å². The Morgan fingerprint density at radius 2 is 1.44 bits per heavy atom. The van der Waals surface area contributed by atoms with Crippen molar-refractivity contribution < 1.29 is 0 Å². The van der Waals surface area contributed by atoms with E-state index in [1.807, 2.05) is 36.4 Å². The van der Waals surface area contributed by atoms with Crippen LogP contribution in [0.25, 0.3) is 22.1 Å². The topological polar surface area (TPSA) is 51.8 Å². The van der Waals surface area contributed by atoms with Crippen molar-refractivity contribution in [3.05, 3.63) is 40.9 Å². The number of benzene rings is 2. The molecule has 2 N–H and O–H groups in total. The summed E-state index contributed by atoms with van der Waals surface area (Å²) in [4.78, 5) is 9.05. The molecule has 4 heteroatoms. The number of rotatable bonds is 0. The molecule has 0 aliphatic rings. The summed E-state index contributed by atoms with van der Waals surface area (Å²) in [6.07, 6.45) is 0. The first kappa shape index (κ1) is 9.54. The zero-order chi connectivity index (χ0) is 11.1. The fourth-order valence-corrected chi connectivity index (χ4v) is 2.01. The van der Waals surface area contributed by atoms with E-state index in [4.69, 9.17) is 5.73 Å². The van der Waals surface area contributed by atoms with Crippen LogP contribution in [0.5, 0.6) is 0 Å². The Hall–Kier alpha value is -1.68. The van der Waals surface area contributed by atoms with E-state index >= 15 is 0 Å². The van der Waals surface area contributed by atoms with Crippen LogP contribution < -0.4 is 5.73 Å². The van der Waals surface area contributed by atoms with Crippen LogP contribution in [0.15, 0.2) is 40.9 Å². The second-order valence-corrected chi connectivity index (χ2v) is 4.52. The molecule has 0 fully saturated rings. The lowest BCUT2D eigenvalue weighted by Gasteiger charge is -2.02. The predicted molar refractivity (Wildman–Crippen MR) is 69.2 cm³/mol. The molecule has 0 saturated heterocycles. The summed E-state index contributed by atoms with van der Waals surface area (Å²) < 4.78 is 0.998. The molecule has 0 spiro atoms. The Bertz CT molecular complexity index is 637. The van der Waals surface area contributed by atoms with Crippen molar-refractivity contribution in [2.75, 3.05) is 5.73 Å². The van der Waals surface area contributed by atoms with Gasteiger partial charge < -0.3 is 5.73 Å². The first-order valence-corrected chi connectivity index (χ1v) is 5.64. The Labute approximate surface area is 100 Å². The van der Waals surface area contributed by atoms with E-state index in [-0.39, 0.29) is 0 Å². The van der Waals surface area contributed by atoms with Gasteiger partial charge in [-0.2, -0.15) is 0 Å². The minimum Gasteiger partial charge on any atom is -0.399 e. The van der Waals surface area contributed by atoms with Gasteiger partial charge in [-0.1, -0.05) is 15.9 Å². The minimum absolute atomic E-state index is 0.705. The molecule has 0 atom stereocenters. The van der Waals surface area contributed by atoms with Gasteiger partial charge in [0.2, 0.25) is 0 Å². The van der Waals surface area contributed by atoms with Gasteiger partial charge >= 0.3 is 0 Å². The number of hydrogen-bond acceptors (Lipinski definition) is 3. The van der Waals surface area contributed by atoms with Crippen molar-refractivity contribution in [2.45, 2.75) is 0 Å². The summed E-state index contributed by atoms with van der Waals surface area (Å²) in [6, 6.07) is 11.4. The summed E-state index contributed by atoms with van der Waals surface area (Å²) >= 11 is 3.42. The Kier molecular flexibility index (Phi) is 2.04. The lowest BCUT2D eigenvalue weighted by molar-refractivity contribution is 1.39. The normalized spacial score (nSPS) is 11.1. The fraction of sp³-hybridized carbons (Fsp3) is 0. The Morgan fingerprint density at radius 1 is 0.812 bits per heavy atom. The lowest BCUT2D eigenvalue weighted by atomic mass is 10.2. The highest BCUT2D eigenvalue weighted by atomic mass is 79.9. The van der Waals surface area contributed by atoms with E-state index in [1.165, 1.54) is 0 Å². The molecule has 1 aromatic heterocycles. The van der Waals surface area contributed by atoms with Crippen LogP contribution in [0.1, 0.15) is 0 Å². The van der Waals surface area contributed by atoms with Crippen molar-refractivity contribution in [1.29, 1.82) is 0 Å². The van der Waals surface area contributed by atoms with Crippen LogP contribution in [0.4, 0.5) is 5.69 Å². The molecule has 3 rings (SSSR count). The molecule has 3 aromatic rings. The standard InChI is InChI=1S/C12H8BrN3/c13-7-1-3-9-11(5-7)16-12-6-8(14)2-4-10(12)15-9/h1-6H,14H2. The highest BCUT2D eigenvalue weighted by Gasteiger charge is 2.02. The average Bonchev–Trinajstić information content (AvgIpc) is 2.26. The third-order valence-corrected chi connectivity index (χ3v) is 2.91. The van der Waals surface area contributed by atoms with E-state index in [0.29, 0.717) is 5.69 Å². The van der Waals surface area contributed by atoms with Crippen LogP contribution in [0, 0.1) is 0 Å². The van der Waals surface area contributed by atoms with Crippen LogP contribution in [0.3, 0.4) is 0 Å². The second kappa shape index (κ2) is 3.42. The number of aromatic nitrogens is 2. The first-order valence-electron chi connectivity index (χ1n) is 4.85. The fourth-order valence-electron chi connectivity index (χ4n) is 1.66. The number of nitrogens with zero attached hydrogens (tertiary/aromatic N) is 2. The SMILES string of the molecule is Nc1ccc2nc3ccc(Br)cc3nc2c1. The summed E-state index contributed by atoms with van der Waals surface area (Å²) in [5, 5.41) is 0. The van der Waals surface area contributed by atoms with Gasteiger partial charge in [0.15, 0.2) is 0 Å². The summed E-state index contributed by atoms with van der Waals surface area (Å²) in [5.41, 5.74) is 9.87. The molecule has 0 aliphatic carbocycles. The molecule has 1 heterocycles. The molecular formula is C12H8BrN3. The van der Waals surface area contributed by atoms with Gasteiger partial charge in [0, 0.05) is 10.2 Å². The van der Waals surface area contributed by atoms with Crippen LogP contribution >= 0.6 is 15.9 Å². The van der Waals surface area contributed by atoms with Gasteiger partial charge in [0.25, 0.3) is 0 Å². The zero-order valence-corrected chi connectivity index (χ0v) is 9.90. The predicted octanol–water partition coefficient (Wildman–Crippen LogP) is 3.13. The van der Waals surface area contributed by atoms with E-state index in [9.17, 15) is 0 Å². The highest BCUT2D eigenvalue weighted by molar-refractivity contribution is 9.10. The molecule has 0 aliphatic heterocycles. The molecule has 2 aromatic carbocycles. The van der Waals surface area contributed by atoms with Crippen LogP contribution in [-0.4, -0.2) is 9.97 Å². The van der Waals surface area contributed by atoms with Crippen molar-refractivity contribution in [2.24, 2.45) is 0 Å². The zero-order valence-electron chi connectivity index (χ0n) is 8.31. The quantitative estimate of drug-likeness (QED) is 0.506. The maximum Gasteiger partial charge on any atom is 0.0915 e. The van der Waals surface area contributed by atoms with Crippen molar-refractivity contribution in [3.63, 3.8) is 0 Å². The Balaban J connectivity index is 2.44. The molecule has 3 nitrogen and oxygen atoms in total. The number of fused-ring (bicyclic) bond motifs is 2. The smallest absolute Gasteiger partial charge is 0.0915 e. The van der Waals surface area contributed by atoms with Crippen molar-refractivity contribution >= 4 is 43.7 Å². The molecular weight excluding hydrogens is 266 g/mol. The highest BCUT2D eigenvalue weighted by Crippen LogP contribution is 2.21. The summed E-state index contributed by atoms with van der Waals surface area (Å²) in [6.45, 7) is 0. The molecule has 16 heavy (non-hydrogen) atoms. The maximum absolute atomic E-state index is 5.72. The minimum atomic E-state index is 0.705. The number of nitrogens with two attached hydrogens (primary N) is 1. The third-order valence-electron chi connectivity index (χ3n) is 2.42. The van der Waals surface area contributed by atoms with E-state index < -0.39 is 0 Å². The van der Waals surface area contributed by atoms with Gasteiger partial charge in [-0.15, -0.1) is 0 Å². The molecule has 0 amide bonds. The number of anilines is 1. The van der Waals surface area contributed by atoms with Crippen molar-refractivity contribution in [3.8, 4) is 0 Å². The van der Waals surface area contributed by atoms with Gasteiger partial charge in [-0.05, 0) is 36.4 Å². The number of nitrogen functional groups attached to an aromatic ring is 1. The second-order valence-electron chi connectivity index (χ2n) is 3.60. The van der Waals surface area contributed by atoms with E-state index in [2.05, 4.69) is 25.9 Å². The Morgan fingerprint density at radius 3 is 2.25 bits per heavy atom. The molecule has 0 unspecified atom stereocenters. The van der Waals surface area contributed by atoms with E-state index in [0.717, 1.165) is 26.5 Å². The number of hydrogen-bond donors (Lipinski definition) is 1.